The minimum atomic E-state index is -0.0590. The van der Waals surface area contributed by atoms with E-state index in [1.807, 2.05) is 19.1 Å². The fourth-order valence-electron chi connectivity index (χ4n) is 1.83. The molecule has 1 N–H and O–H groups in total. The van der Waals surface area contributed by atoms with Crippen molar-refractivity contribution in [3.63, 3.8) is 0 Å². The number of anilines is 1. The number of Topliss-reactive ketones (excluding diaryl/α,β-unsaturated/α-hetero) is 1. The van der Waals surface area contributed by atoms with Crippen molar-refractivity contribution >= 4 is 34.7 Å². The quantitative estimate of drug-likeness (QED) is 0.817. The predicted octanol–water partition coefficient (Wildman–Crippen LogP) is 4.61. The van der Waals surface area contributed by atoms with Crippen LogP contribution >= 0.6 is 23.2 Å². The molecule has 0 radical (unpaired) electrons. The van der Waals surface area contributed by atoms with E-state index < -0.39 is 0 Å². The van der Waals surface area contributed by atoms with Gasteiger partial charge in [0.15, 0.2) is 5.78 Å². The van der Waals surface area contributed by atoms with Crippen LogP contribution in [0.2, 0.25) is 10.0 Å². The van der Waals surface area contributed by atoms with Crippen molar-refractivity contribution in [2.45, 2.75) is 6.92 Å². The average Bonchev–Trinajstić information content (AvgIpc) is 2.48. The van der Waals surface area contributed by atoms with Crippen molar-refractivity contribution in [1.82, 2.24) is 0 Å². The summed E-state index contributed by atoms with van der Waals surface area (Å²) in [6.07, 6.45) is 0. The number of ether oxygens (including phenoxy) is 1. The monoisotopic (exact) mass is 323 g/mol. The number of benzene rings is 2. The second-order valence-corrected chi connectivity index (χ2v) is 5.40. The number of carbonyl (C=O) groups excluding carboxylic acids is 1. The molecule has 0 aliphatic rings. The zero-order valence-corrected chi connectivity index (χ0v) is 13.3. The van der Waals surface area contributed by atoms with Gasteiger partial charge in [0.1, 0.15) is 5.75 Å². The molecule has 2 rings (SSSR count). The molecule has 0 saturated heterocycles. The molecular formula is C16H15Cl2NO2. The van der Waals surface area contributed by atoms with Gasteiger partial charge in [0.05, 0.1) is 18.7 Å². The van der Waals surface area contributed by atoms with Gasteiger partial charge in [-0.15, -0.1) is 0 Å². The van der Waals surface area contributed by atoms with Crippen LogP contribution in [0.1, 0.15) is 15.9 Å². The Bertz CT molecular complexity index is 671. The molecule has 3 nitrogen and oxygen atoms in total. The van der Waals surface area contributed by atoms with Gasteiger partial charge < -0.3 is 10.1 Å². The largest absolute Gasteiger partial charge is 0.495 e. The van der Waals surface area contributed by atoms with Gasteiger partial charge in [0.25, 0.3) is 0 Å². The van der Waals surface area contributed by atoms with Crippen LogP contribution in [0, 0.1) is 6.92 Å². The summed E-state index contributed by atoms with van der Waals surface area (Å²) in [5, 5.41) is 4.14. The van der Waals surface area contributed by atoms with Crippen LogP contribution < -0.4 is 10.1 Å². The molecule has 0 spiro atoms. The van der Waals surface area contributed by atoms with Crippen LogP contribution in [0.15, 0.2) is 36.4 Å². The van der Waals surface area contributed by atoms with Crippen molar-refractivity contribution < 1.29 is 9.53 Å². The van der Waals surface area contributed by atoms with Crippen LogP contribution in [-0.2, 0) is 0 Å². The highest BCUT2D eigenvalue weighted by Gasteiger charge is 2.09. The van der Waals surface area contributed by atoms with E-state index in [1.165, 1.54) is 7.11 Å². The summed E-state index contributed by atoms with van der Waals surface area (Å²) in [6.45, 7) is 2.10. The summed E-state index contributed by atoms with van der Waals surface area (Å²) >= 11 is 12.1. The van der Waals surface area contributed by atoms with E-state index in [4.69, 9.17) is 27.9 Å². The van der Waals surface area contributed by atoms with E-state index in [2.05, 4.69) is 5.32 Å². The van der Waals surface area contributed by atoms with Crippen LogP contribution in [0.4, 0.5) is 5.69 Å². The van der Waals surface area contributed by atoms with Gasteiger partial charge in [-0.2, -0.15) is 0 Å². The minimum Gasteiger partial charge on any atom is -0.495 e. The number of carbonyl (C=O) groups is 1. The van der Waals surface area contributed by atoms with E-state index in [1.54, 1.807) is 24.3 Å². The fourth-order valence-corrected chi connectivity index (χ4v) is 2.27. The number of hydrogen-bond donors (Lipinski definition) is 1. The van der Waals surface area contributed by atoms with Gasteiger partial charge in [-0.05, 0) is 42.8 Å². The van der Waals surface area contributed by atoms with Crippen LogP contribution in [-0.4, -0.2) is 19.4 Å². The number of methoxy groups -OCH3 is 1. The lowest BCUT2D eigenvalue weighted by Crippen LogP contribution is -2.14. The molecule has 0 saturated carbocycles. The predicted molar refractivity (Wildman–Crippen MR) is 87.0 cm³/mol. The molecule has 21 heavy (non-hydrogen) atoms. The van der Waals surface area contributed by atoms with Crippen molar-refractivity contribution in [2.75, 3.05) is 19.0 Å². The van der Waals surface area contributed by atoms with Crippen molar-refractivity contribution in [1.29, 1.82) is 0 Å². The summed E-state index contributed by atoms with van der Waals surface area (Å²) < 4.78 is 5.06. The highest BCUT2D eigenvalue weighted by molar-refractivity contribution is 6.32. The third-order valence-corrected chi connectivity index (χ3v) is 3.80. The first-order chi connectivity index (χ1) is 10.0. The Morgan fingerprint density at radius 1 is 1.14 bits per heavy atom. The topological polar surface area (TPSA) is 38.3 Å². The molecule has 0 aliphatic carbocycles. The summed E-state index contributed by atoms with van der Waals surface area (Å²) in [5.41, 5.74) is 2.33. The lowest BCUT2D eigenvalue weighted by molar-refractivity contribution is 0.101. The molecule has 0 heterocycles. The molecule has 0 fully saturated rings. The maximum Gasteiger partial charge on any atom is 0.181 e. The van der Waals surface area contributed by atoms with Crippen molar-refractivity contribution in [3.05, 3.63) is 57.6 Å². The summed E-state index contributed by atoms with van der Waals surface area (Å²) in [6, 6.07) is 10.6. The normalized spacial score (nSPS) is 10.3. The molecular weight excluding hydrogens is 309 g/mol. The Hall–Kier alpha value is -1.71. The highest BCUT2D eigenvalue weighted by Crippen LogP contribution is 2.25. The van der Waals surface area contributed by atoms with E-state index >= 15 is 0 Å². The minimum absolute atomic E-state index is 0.0590. The zero-order chi connectivity index (χ0) is 15.4. The number of rotatable bonds is 5. The lowest BCUT2D eigenvalue weighted by atomic mass is 10.1. The Labute approximate surface area is 133 Å². The first-order valence-corrected chi connectivity index (χ1v) is 7.13. The van der Waals surface area contributed by atoms with E-state index in [0.29, 0.717) is 21.4 Å². The second-order valence-electron chi connectivity index (χ2n) is 4.59. The molecule has 0 bridgehead atoms. The molecule has 2 aromatic carbocycles. The Morgan fingerprint density at radius 3 is 2.52 bits per heavy atom. The number of ketones is 1. The molecule has 110 valence electrons. The smallest absolute Gasteiger partial charge is 0.181 e. The molecule has 0 amide bonds. The van der Waals surface area contributed by atoms with E-state index in [0.717, 1.165) is 11.3 Å². The van der Waals surface area contributed by atoms with Gasteiger partial charge >= 0.3 is 0 Å². The first-order valence-electron chi connectivity index (χ1n) is 6.38. The van der Waals surface area contributed by atoms with Crippen molar-refractivity contribution in [3.8, 4) is 5.75 Å². The fraction of sp³-hybridized carbons (Fsp3) is 0.188. The van der Waals surface area contributed by atoms with Crippen LogP contribution in [0.25, 0.3) is 0 Å². The van der Waals surface area contributed by atoms with Gasteiger partial charge in [-0.1, -0.05) is 29.3 Å². The molecule has 2 aromatic rings. The van der Waals surface area contributed by atoms with E-state index in [9.17, 15) is 4.79 Å². The average molecular weight is 324 g/mol. The summed E-state index contributed by atoms with van der Waals surface area (Å²) in [4.78, 5) is 12.1. The van der Waals surface area contributed by atoms with Crippen molar-refractivity contribution in [2.24, 2.45) is 0 Å². The number of hydrogen-bond acceptors (Lipinski definition) is 3. The van der Waals surface area contributed by atoms with Gasteiger partial charge in [0.2, 0.25) is 0 Å². The summed E-state index contributed by atoms with van der Waals surface area (Å²) in [7, 11) is 1.53. The van der Waals surface area contributed by atoms with Gasteiger partial charge in [-0.3, -0.25) is 4.79 Å². The number of halogens is 2. The van der Waals surface area contributed by atoms with E-state index in [-0.39, 0.29) is 12.3 Å². The molecule has 5 heteroatoms. The highest BCUT2D eigenvalue weighted by atomic mass is 35.5. The zero-order valence-electron chi connectivity index (χ0n) is 11.7. The molecule has 0 unspecified atom stereocenters. The maximum atomic E-state index is 12.1. The molecule has 0 aliphatic heterocycles. The van der Waals surface area contributed by atoms with Crippen LogP contribution in [0.3, 0.4) is 0 Å². The van der Waals surface area contributed by atoms with Gasteiger partial charge in [-0.25, -0.2) is 0 Å². The Kier molecular flexibility index (Phi) is 5.10. The maximum absolute atomic E-state index is 12.1. The molecule has 0 atom stereocenters. The number of aryl methyl sites for hydroxylation is 1. The molecule has 0 aromatic heterocycles. The standard InChI is InChI=1S/C16H15Cl2NO2/c1-10-3-5-12(8-13(10)17)19-9-15(20)11-4-6-16(21-2)14(18)7-11/h3-8,19H,9H2,1-2H3. The Balaban J connectivity index is 2.04. The second kappa shape index (κ2) is 6.83. The third-order valence-electron chi connectivity index (χ3n) is 3.10. The first kappa shape index (κ1) is 15.7. The SMILES string of the molecule is COc1ccc(C(=O)CNc2ccc(C)c(Cl)c2)cc1Cl. The lowest BCUT2D eigenvalue weighted by Gasteiger charge is -2.09. The summed E-state index contributed by atoms with van der Waals surface area (Å²) in [5.74, 6) is 0.489. The van der Waals surface area contributed by atoms with Gasteiger partial charge in [0, 0.05) is 16.3 Å². The Morgan fingerprint density at radius 2 is 1.90 bits per heavy atom. The number of nitrogens with one attached hydrogen (secondary N) is 1. The van der Waals surface area contributed by atoms with Crippen LogP contribution in [0.5, 0.6) is 5.75 Å². The third kappa shape index (κ3) is 3.90.